The number of rotatable bonds is 6. The van der Waals surface area contributed by atoms with Crippen molar-refractivity contribution in [2.75, 3.05) is 6.54 Å². The number of hydrogen-bond acceptors (Lipinski definition) is 3. The quantitative estimate of drug-likeness (QED) is 0.790. The molecule has 16 heavy (non-hydrogen) atoms. The maximum atomic E-state index is 9.63. The Morgan fingerprint density at radius 1 is 1.50 bits per heavy atom. The number of hydrogen-bond donors (Lipinski definition) is 2. The summed E-state index contributed by atoms with van der Waals surface area (Å²) in [5, 5.41) is 13.0. The SMILES string of the molecule is Cc1cc(CNCCC(O)C(C)C)sc1Br. The van der Waals surface area contributed by atoms with E-state index < -0.39 is 0 Å². The van der Waals surface area contributed by atoms with Gasteiger partial charge in [-0.3, -0.25) is 0 Å². The minimum atomic E-state index is -0.190. The van der Waals surface area contributed by atoms with E-state index in [4.69, 9.17) is 0 Å². The Kier molecular flexibility index (Phi) is 5.97. The van der Waals surface area contributed by atoms with Crippen LogP contribution in [0.5, 0.6) is 0 Å². The summed E-state index contributed by atoms with van der Waals surface area (Å²) in [6.07, 6.45) is 0.632. The minimum absolute atomic E-state index is 0.190. The van der Waals surface area contributed by atoms with Gasteiger partial charge in [0.2, 0.25) is 0 Å². The van der Waals surface area contributed by atoms with Crippen molar-refractivity contribution in [1.82, 2.24) is 5.32 Å². The Bertz CT molecular complexity index is 305. The molecule has 92 valence electrons. The van der Waals surface area contributed by atoms with Crippen molar-refractivity contribution in [1.29, 1.82) is 0 Å². The van der Waals surface area contributed by atoms with Crippen molar-refractivity contribution >= 4 is 27.3 Å². The van der Waals surface area contributed by atoms with E-state index in [2.05, 4.69) is 34.2 Å². The number of thiophene rings is 1. The summed E-state index contributed by atoms with van der Waals surface area (Å²) in [6, 6.07) is 2.20. The lowest BCUT2D eigenvalue weighted by Gasteiger charge is -2.14. The predicted octanol–water partition coefficient (Wildman–Crippen LogP) is 3.32. The average molecular weight is 306 g/mol. The van der Waals surface area contributed by atoms with E-state index in [0.717, 1.165) is 19.5 Å². The standard InChI is InChI=1S/C12H20BrNOS/c1-8(2)11(15)4-5-14-7-10-6-9(3)12(13)16-10/h6,8,11,14-15H,4-5,7H2,1-3H3. The van der Waals surface area contributed by atoms with Gasteiger partial charge in [0.25, 0.3) is 0 Å². The van der Waals surface area contributed by atoms with E-state index >= 15 is 0 Å². The second kappa shape index (κ2) is 6.74. The topological polar surface area (TPSA) is 32.3 Å². The molecule has 1 heterocycles. The monoisotopic (exact) mass is 305 g/mol. The highest BCUT2D eigenvalue weighted by Crippen LogP contribution is 2.27. The zero-order chi connectivity index (χ0) is 12.1. The fraction of sp³-hybridized carbons (Fsp3) is 0.667. The van der Waals surface area contributed by atoms with Crippen LogP contribution < -0.4 is 5.32 Å². The first kappa shape index (κ1) is 14.2. The van der Waals surface area contributed by atoms with Gasteiger partial charge >= 0.3 is 0 Å². The van der Waals surface area contributed by atoms with Crippen LogP contribution in [-0.2, 0) is 6.54 Å². The summed E-state index contributed by atoms with van der Waals surface area (Å²) >= 11 is 5.29. The summed E-state index contributed by atoms with van der Waals surface area (Å²) in [6.45, 7) is 7.96. The van der Waals surface area contributed by atoms with Gasteiger partial charge in [0.1, 0.15) is 0 Å². The van der Waals surface area contributed by atoms with Gasteiger partial charge in [0.15, 0.2) is 0 Å². The smallest absolute Gasteiger partial charge is 0.0730 e. The van der Waals surface area contributed by atoms with Gasteiger partial charge in [-0.1, -0.05) is 13.8 Å². The fourth-order valence-electron chi connectivity index (χ4n) is 1.41. The number of aliphatic hydroxyl groups is 1. The molecule has 0 radical (unpaired) electrons. The average Bonchev–Trinajstić information content (AvgIpc) is 2.53. The third-order valence-corrected chi connectivity index (χ3v) is 4.73. The highest BCUT2D eigenvalue weighted by Gasteiger charge is 2.08. The molecule has 1 unspecified atom stereocenters. The van der Waals surface area contributed by atoms with Crippen molar-refractivity contribution in [3.8, 4) is 0 Å². The van der Waals surface area contributed by atoms with Gasteiger partial charge in [0.05, 0.1) is 9.89 Å². The molecule has 0 aliphatic rings. The summed E-state index contributed by atoms with van der Waals surface area (Å²) in [5.41, 5.74) is 1.30. The minimum Gasteiger partial charge on any atom is -0.393 e. The summed E-state index contributed by atoms with van der Waals surface area (Å²) in [4.78, 5) is 1.34. The van der Waals surface area contributed by atoms with Gasteiger partial charge in [-0.25, -0.2) is 0 Å². The second-order valence-electron chi connectivity index (χ2n) is 4.45. The fourth-order valence-corrected chi connectivity index (χ4v) is 3.00. The van der Waals surface area contributed by atoms with E-state index in [-0.39, 0.29) is 6.10 Å². The molecule has 1 aromatic rings. The summed E-state index contributed by atoms with van der Waals surface area (Å²) < 4.78 is 1.21. The van der Waals surface area contributed by atoms with Crippen molar-refractivity contribution in [3.63, 3.8) is 0 Å². The number of aryl methyl sites for hydroxylation is 1. The van der Waals surface area contributed by atoms with Crippen LogP contribution in [0.1, 0.15) is 30.7 Å². The van der Waals surface area contributed by atoms with Gasteiger partial charge in [-0.15, -0.1) is 11.3 Å². The first-order valence-corrected chi connectivity index (χ1v) is 7.25. The predicted molar refractivity (Wildman–Crippen MR) is 73.9 cm³/mol. The Morgan fingerprint density at radius 2 is 2.19 bits per heavy atom. The third kappa shape index (κ3) is 4.53. The van der Waals surface area contributed by atoms with Crippen LogP contribution in [0, 0.1) is 12.8 Å². The number of halogens is 1. The van der Waals surface area contributed by atoms with Crippen LogP contribution in [0.3, 0.4) is 0 Å². The molecule has 1 rings (SSSR count). The Labute approximate surface area is 110 Å². The van der Waals surface area contributed by atoms with Crippen LogP contribution in [0.15, 0.2) is 9.85 Å². The molecule has 1 atom stereocenters. The van der Waals surface area contributed by atoms with Crippen LogP contribution in [0.2, 0.25) is 0 Å². The highest BCUT2D eigenvalue weighted by molar-refractivity contribution is 9.11. The maximum Gasteiger partial charge on any atom is 0.0730 e. The summed E-state index contributed by atoms with van der Waals surface area (Å²) in [7, 11) is 0. The Morgan fingerprint density at radius 3 is 2.69 bits per heavy atom. The van der Waals surface area contributed by atoms with Crippen LogP contribution >= 0.6 is 27.3 Å². The molecule has 0 spiro atoms. The lowest BCUT2D eigenvalue weighted by molar-refractivity contribution is 0.116. The molecule has 4 heteroatoms. The maximum absolute atomic E-state index is 9.63. The molecule has 1 aromatic heterocycles. The molecular formula is C12H20BrNOS. The Balaban J connectivity index is 2.21. The largest absolute Gasteiger partial charge is 0.393 e. The van der Waals surface area contributed by atoms with E-state index in [1.165, 1.54) is 14.2 Å². The zero-order valence-electron chi connectivity index (χ0n) is 10.1. The third-order valence-electron chi connectivity index (χ3n) is 2.59. The molecule has 0 amide bonds. The molecule has 0 aromatic carbocycles. The van der Waals surface area contributed by atoms with Crippen molar-refractivity contribution in [2.45, 2.75) is 39.8 Å². The van der Waals surface area contributed by atoms with E-state index in [9.17, 15) is 5.11 Å². The zero-order valence-corrected chi connectivity index (χ0v) is 12.5. The van der Waals surface area contributed by atoms with E-state index in [1.807, 2.05) is 13.8 Å². The van der Waals surface area contributed by atoms with Gasteiger partial charge < -0.3 is 10.4 Å². The highest BCUT2D eigenvalue weighted by atomic mass is 79.9. The van der Waals surface area contributed by atoms with E-state index in [0.29, 0.717) is 5.92 Å². The first-order valence-electron chi connectivity index (χ1n) is 5.64. The van der Waals surface area contributed by atoms with Crippen molar-refractivity contribution in [2.24, 2.45) is 5.92 Å². The summed E-state index contributed by atoms with van der Waals surface area (Å²) in [5.74, 6) is 0.347. The molecule has 2 nitrogen and oxygen atoms in total. The molecule has 0 saturated heterocycles. The second-order valence-corrected chi connectivity index (χ2v) is 6.90. The van der Waals surface area contributed by atoms with Gasteiger partial charge in [-0.05, 0) is 53.4 Å². The number of nitrogens with one attached hydrogen (secondary N) is 1. The molecule has 2 N–H and O–H groups in total. The van der Waals surface area contributed by atoms with Gasteiger partial charge in [-0.2, -0.15) is 0 Å². The van der Waals surface area contributed by atoms with Crippen molar-refractivity contribution in [3.05, 3.63) is 20.3 Å². The molecule has 0 aliphatic carbocycles. The molecular weight excluding hydrogens is 286 g/mol. The molecule has 0 aliphatic heterocycles. The van der Waals surface area contributed by atoms with Crippen molar-refractivity contribution < 1.29 is 5.11 Å². The lowest BCUT2D eigenvalue weighted by Crippen LogP contribution is -2.23. The molecule has 0 bridgehead atoms. The van der Waals surface area contributed by atoms with Crippen LogP contribution in [0.25, 0.3) is 0 Å². The van der Waals surface area contributed by atoms with E-state index in [1.54, 1.807) is 11.3 Å². The van der Waals surface area contributed by atoms with Gasteiger partial charge in [0, 0.05) is 11.4 Å². The number of aliphatic hydroxyl groups excluding tert-OH is 1. The first-order chi connectivity index (χ1) is 7.50. The normalized spacial score (nSPS) is 13.4. The molecule has 0 fully saturated rings. The van der Waals surface area contributed by atoms with Crippen LogP contribution in [0.4, 0.5) is 0 Å². The molecule has 0 saturated carbocycles. The lowest BCUT2D eigenvalue weighted by atomic mass is 10.0. The van der Waals surface area contributed by atoms with Crippen LogP contribution in [-0.4, -0.2) is 17.8 Å². The Hall–Kier alpha value is 0.100.